The van der Waals surface area contributed by atoms with Crippen LogP contribution in [-0.2, 0) is 9.53 Å². The highest BCUT2D eigenvalue weighted by Crippen LogP contribution is 2.18. The van der Waals surface area contributed by atoms with Gasteiger partial charge < -0.3 is 15.0 Å². The minimum absolute atomic E-state index is 0.0236. The highest BCUT2D eigenvalue weighted by Gasteiger charge is 2.26. The largest absolute Gasteiger partial charge is 0.469 e. The topological polar surface area (TPSA) is 53.9 Å². The van der Waals surface area contributed by atoms with Crippen LogP contribution in [0.4, 0.5) is 0 Å². The lowest BCUT2D eigenvalue weighted by Crippen LogP contribution is -2.46. The minimum atomic E-state index is -0.105. The third-order valence-corrected chi connectivity index (χ3v) is 3.26. The van der Waals surface area contributed by atoms with E-state index >= 15 is 0 Å². The first-order valence-corrected chi connectivity index (χ1v) is 6.74. The predicted molar refractivity (Wildman–Crippen MR) is 75.7 cm³/mol. The first-order valence-electron chi connectivity index (χ1n) is 5.95. The van der Waals surface area contributed by atoms with Crippen molar-refractivity contribution in [3.63, 3.8) is 0 Å². The molecular formula is C12H20BrN3O2. The van der Waals surface area contributed by atoms with E-state index in [1.54, 1.807) is 7.05 Å². The maximum atomic E-state index is 11.4. The van der Waals surface area contributed by atoms with E-state index in [2.05, 4.69) is 37.7 Å². The molecule has 1 N–H and O–H groups in total. The molecule has 1 heterocycles. The van der Waals surface area contributed by atoms with Crippen molar-refractivity contribution in [1.82, 2.24) is 10.2 Å². The van der Waals surface area contributed by atoms with Gasteiger partial charge in [0.1, 0.15) is 0 Å². The summed E-state index contributed by atoms with van der Waals surface area (Å²) in [5.41, 5.74) is 0. The lowest BCUT2D eigenvalue weighted by atomic mass is 9.97. The van der Waals surface area contributed by atoms with Gasteiger partial charge in [-0.25, -0.2) is 0 Å². The quantitative estimate of drug-likeness (QED) is 0.485. The van der Waals surface area contributed by atoms with Gasteiger partial charge in [-0.3, -0.25) is 9.79 Å². The van der Waals surface area contributed by atoms with Crippen LogP contribution in [0.3, 0.4) is 0 Å². The van der Waals surface area contributed by atoms with Crippen molar-refractivity contribution in [3.05, 3.63) is 11.1 Å². The predicted octanol–water partition coefficient (Wildman–Crippen LogP) is 1.36. The molecule has 0 aromatic rings. The van der Waals surface area contributed by atoms with Gasteiger partial charge in [-0.2, -0.15) is 0 Å². The number of halogens is 1. The first kappa shape index (κ1) is 15.0. The Morgan fingerprint density at radius 1 is 1.56 bits per heavy atom. The number of carbonyl (C=O) groups excluding carboxylic acids is 1. The number of nitrogens with zero attached hydrogens (tertiary/aromatic N) is 2. The molecule has 18 heavy (non-hydrogen) atoms. The maximum Gasteiger partial charge on any atom is 0.308 e. The fourth-order valence-electron chi connectivity index (χ4n) is 2.00. The van der Waals surface area contributed by atoms with Crippen molar-refractivity contribution in [2.45, 2.75) is 12.8 Å². The van der Waals surface area contributed by atoms with Crippen LogP contribution in [0.15, 0.2) is 16.1 Å². The van der Waals surface area contributed by atoms with Crippen LogP contribution in [0, 0.1) is 5.92 Å². The maximum absolute atomic E-state index is 11.4. The summed E-state index contributed by atoms with van der Waals surface area (Å²) in [4.78, 5) is 17.8. The lowest BCUT2D eigenvalue weighted by molar-refractivity contribution is -0.146. The van der Waals surface area contributed by atoms with Gasteiger partial charge in [0.15, 0.2) is 5.96 Å². The van der Waals surface area contributed by atoms with Crippen molar-refractivity contribution in [2.75, 3.05) is 33.8 Å². The molecule has 1 fully saturated rings. The average molecular weight is 318 g/mol. The Bertz CT molecular complexity index is 336. The van der Waals surface area contributed by atoms with Gasteiger partial charge in [0.25, 0.3) is 0 Å². The summed E-state index contributed by atoms with van der Waals surface area (Å²) >= 11 is 3.30. The Balaban J connectivity index is 2.45. The van der Waals surface area contributed by atoms with Crippen LogP contribution in [0.2, 0.25) is 0 Å². The number of nitrogens with one attached hydrogen (secondary N) is 1. The Labute approximate surface area is 116 Å². The van der Waals surface area contributed by atoms with E-state index in [-0.39, 0.29) is 11.9 Å². The van der Waals surface area contributed by atoms with E-state index in [9.17, 15) is 4.79 Å². The molecule has 0 unspecified atom stereocenters. The molecule has 1 rings (SSSR count). The highest BCUT2D eigenvalue weighted by molar-refractivity contribution is 9.11. The second-order valence-corrected chi connectivity index (χ2v) is 5.32. The normalized spacial score (nSPS) is 17.5. The summed E-state index contributed by atoms with van der Waals surface area (Å²) in [6, 6.07) is 0. The number of ether oxygens (including phenoxy) is 1. The Kier molecular flexibility index (Phi) is 6.18. The molecule has 0 aromatic carbocycles. The molecule has 0 radical (unpaired) electrons. The first-order chi connectivity index (χ1) is 8.58. The van der Waals surface area contributed by atoms with Gasteiger partial charge in [-0.05, 0) is 12.8 Å². The number of piperidine rings is 1. The molecule has 0 spiro atoms. The lowest BCUT2D eigenvalue weighted by Gasteiger charge is -2.33. The molecule has 5 nitrogen and oxygen atoms in total. The van der Waals surface area contributed by atoms with E-state index in [0.29, 0.717) is 6.54 Å². The van der Waals surface area contributed by atoms with Gasteiger partial charge in [0.2, 0.25) is 0 Å². The summed E-state index contributed by atoms with van der Waals surface area (Å²) in [5, 5.41) is 3.21. The molecule has 0 aromatic heterocycles. The zero-order valence-corrected chi connectivity index (χ0v) is 12.5. The molecular weight excluding hydrogens is 298 g/mol. The smallest absolute Gasteiger partial charge is 0.308 e. The van der Waals surface area contributed by atoms with Crippen LogP contribution in [0.25, 0.3) is 0 Å². The molecule has 102 valence electrons. The number of hydrogen-bond donors (Lipinski definition) is 1. The number of likely N-dealkylation sites (tertiary alicyclic amines) is 1. The fraction of sp³-hybridized carbons (Fsp3) is 0.667. The second kappa shape index (κ2) is 7.41. The van der Waals surface area contributed by atoms with Crippen LogP contribution >= 0.6 is 15.9 Å². The number of hydrogen-bond acceptors (Lipinski definition) is 3. The summed E-state index contributed by atoms with van der Waals surface area (Å²) in [6.45, 7) is 6.04. The van der Waals surface area contributed by atoms with E-state index in [1.807, 2.05) is 0 Å². The van der Waals surface area contributed by atoms with Crippen LogP contribution < -0.4 is 5.32 Å². The van der Waals surface area contributed by atoms with Crippen LogP contribution in [0.5, 0.6) is 0 Å². The van der Waals surface area contributed by atoms with Gasteiger partial charge in [-0.15, -0.1) is 0 Å². The number of rotatable bonds is 3. The van der Waals surface area contributed by atoms with E-state index in [1.165, 1.54) is 7.11 Å². The third kappa shape index (κ3) is 4.33. The third-order valence-electron chi connectivity index (χ3n) is 2.98. The molecule has 0 saturated carbocycles. The van der Waals surface area contributed by atoms with Gasteiger partial charge >= 0.3 is 5.97 Å². The van der Waals surface area contributed by atoms with E-state index in [0.717, 1.165) is 36.4 Å². The summed E-state index contributed by atoms with van der Waals surface area (Å²) in [6.07, 6.45) is 1.62. The van der Waals surface area contributed by atoms with Crippen molar-refractivity contribution in [2.24, 2.45) is 10.9 Å². The summed E-state index contributed by atoms with van der Waals surface area (Å²) in [7, 11) is 3.20. The van der Waals surface area contributed by atoms with Gasteiger partial charge in [0.05, 0.1) is 13.0 Å². The van der Waals surface area contributed by atoms with E-state index < -0.39 is 0 Å². The minimum Gasteiger partial charge on any atom is -0.469 e. The monoisotopic (exact) mass is 317 g/mol. The Hall–Kier alpha value is -1.04. The zero-order chi connectivity index (χ0) is 13.5. The highest BCUT2D eigenvalue weighted by atomic mass is 79.9. The molecule has 0 bridgehead atoms. The number of aliphatic imine (C=N–C) groups is 1. The standard InChI is InChI=1S/C12H20BrN3O2/c1-9(13)8-15-12(14-2)16-6-4-10(5-7-16)11(17)18-3/h10H,1,4-8H2,2-3H3,(H,14,15). The fourth-order valence-corrected chi connectivity index (χ4v) is 2.14. The Morgan fingerprint density at radius 2 is 2.17 bits per heavy atom. The average Bonchev–Trinajstić information content (AvgIpc) is 2.39. The van der Waals surface area contributed by atoms with Crippen molar-refractivity contribution in [3.8, 4) is 0 Å². The van der Waals surface area contributed by atoms with Crippen LogP contribution in [-0.4, -0.2) is 50.6 Å². The number of carbonyl (C=O) groups is 1. The Morgan fingerprint density at radius 3 is 2.61 bits per heavy atom. The molecule has 0 atom stereocenters. The van der Waals surface area contributed by atoms with Gasteiger partial charge in [-0.1, -0.05) is 22.5 Å². The van der Waals surface area contributed by atoms with Gasteiger partial charge in [0, 0.05) is 31.2 Å². The molecule has 0 aliphatic carbocycles. The van der Waals surface area contributed by atoms with Crippen molar-refractivity contribution < 1.29 is 9.53 Å². The molecule has 1 aliphatic rings. The van der Waals surface area contributed by atoms with Crippen LogP contribution in [0.1, 0.15) is 12.8 Å². The summed E-state index contributed by atoms with van der Waals surface area (Å²) in [5.74, 6) is 0.765. The number of esters is 1. The number of methoxy groups -OCH3 is 1. The van der Waals surface area contributed by atoms with Crippen molar-refractivity contribution in [1.29, 1.82) is 0 Å². The molecule has 0 amide bonds. The summed E-state index contributed by atoms with van der Waals surface area (Å²) < 4.78 is 5.65. The SMILES string of the molecule is C=C(Br)CNC(=NC)N1CCC(C(=O)OC)CC1. The molecule has 6 heteroatoms. The number of guanidine groups is 1. The second-order valence-electron chi connectivity index (χ2n) is 4.20. The van der Waals surface area contributed by atoms with Crippen molar-refractivity contribution >= 4 is 27.9 Å². The zero-order valence-electron chi connectivity index (χ0n) is 10.9. The molecule has 1 aliphatic heterocycles. The molecule has 1 saturated heterocycles. The van der Waals surface area contributed by atoms with E-state index in [4.69, 9.17) is 4.74 Å².